The van der Waals surface area contributed by atoms with Gasteiger partial charge >= 0.3 is 0 Å². The number of hydrogen-bond donors (Lipinski definition) is 0. The van der Waals surface area contributed by atoms with E-state index in [1.54, 1.807) is 5.57 Å². The number of rotatable bonds is 2. The average Bonchev–Trinajstić information content (AvgIpc) is 2.46. The van der Waals surface area contributed by atoms with E-state index in [1.165, 1.54) is 18.4 Å². The molecular weight excluding hydrogens is 156 g/mol. The van der Waals surface area contributed by atoms with Gasteiger partial charge in [0.1, 0.15) is 0 Å². The Morgan fingerprint density at radius 2 is 2.15 bits per heavy atom. The van der Waals surface area contributed by atoms with E-state index >= 15 is 0 Å². The minimum Gasteiger partial charge on any atom is -0.103 e. The van der Waals surface area contributed by atoms with E-state index in [0.29, 0.717) is 5.92 Å². The molecule has 0 heteroatoms. The molecule has 1 aliphatic rings. The van der Waals surface area contributed by atoms with E-state index in [1.807, 2.05) is 0 Å². The minimum atomic E-state index is 0.641. The summed E-state index contributed by atoms with van der Waals surface area (Å²) < 4.78 is 0. The van der Waals surface area contributed by atoms with Crippen molar-refractivity contribution in [2.24, 2.45) is 17.8 Å². The van der Waals surface area contributed by atoms with Crippen LogP contribution >= 0.6 is 0 Å². The third kappa shape index (κ3) is 2.04. The minimum absolute atomic E-state index is 0.641. The summed E-state index contributed by atoms with van der Waals surface area (Å²) in [5.74, 6) is 2.25. The van der Waals surface area contributed by atoms with E-state index in [4.69, 9.17) is 0 Å². The van der Waals surface area contributed by atoms with Crippen molar-refractivity contribution in [2.75, 3.05) is 0 Å². The Kier molecular flexibility index (Phi) is 3.35. The van der Waals surface area contributed by atoms with Gasteiger partial charge in [0, 0.05) is 0 Å². The van der Waals surface area contributed by atoms with Crippen LogP contribution in [-0.2, 0) is 0 Å². The second-order valence-corrected chi connectivity index (χ2v) is 4.66. The SMILES string of the molecule is C=C[C@H](C)C1C(=C(C)C)CC[C@@H]1C. The highest BCUT2D eigenvalue weighted by Gasteiger charge is 2.31. The molecule has 0 aromatic heterocycles. The highest BCUT2D eigenvalue weighted by atomic mass is 14.4. The first-order chi connectivity index (χ1) is 6.07. The van der Waals surface area contributed by atoms with E-state index in [2.05, 4.69) is 40.3 Å². The Balaban J connectivity index is 2.90. The Morgan fingerprint density at radius 1 is 1.54 bits per heavy atom. The monoisotopic (exact) mass is 178 g/mol. The van der Waals surface area contributed by atoms with E-state index in [9.17, 15) is 0 Å². The molecule has 0 aromatic carbocycles. The maximum absolute atomic E-state index is 3.91. The van der Waals surface area contributed by atoms with Gasteiger partial charge in [0.25, 0.3) is 0 Å². The summed E-state index contributed by atoms with van der Waals surface area (Å²) in [7, 11) is 0. The maximum atomic E-state index is 3.91. The second-order valence-electron chi connectivity index (χ2n) is 4.66. The number of allylic oxidation sites excluding steroid dienone is 3. The first-order valence-corrected chi connectivity index (χ1v) is 5.36. The van der Waals surface area contributed by atoms with Crippen molar-refractivity contribution in [3.63, 3.8) is 0 Å². The van der Waals surface area contributed by atoms with E-state index in [-0.39, 0.29) is 0 Å². The number of hydrogen-bond acceptors (Lipinski definition) is 0. The zero-order chi connectivity index (χ0) is 10.0. The van der Waals surface area contributed by atoms with E-state index < -0.39 is 0 Å². The fourth-order valence-electron chi connectivity index (χ4n) is 2.64. The van der Waals surface area contributed by atoms with Crippen molar-refractivity contribution in [2.45, 2.75) is 40.5 Å². The molecule has 3 atom stereocenters. The first kappa shape index (κ1) is 10.6. The lowest BCUT2D eigenvalue weighted by Gasteiger charge is -2.23. The van der Waals surface area contributed by atoms with Crippen LogP contribution in [-0.4, -0.2) is 0 Å². The summed E-state index contributed by atoms with van der Waals surface area (Å²) in [6.07, 6.45) is 4.78. The van der Waals surface area contributed by atoms with Crippen LogP contribution in [0.5, 0.6) is 0 Å². The van der Waals surface area contributed by atoms with Gasteiger partial charge in [0.2, 0.25) is 0 Å². The van der Waals surface area contributed by atoms with Crippen LogP contribution in [0.3, 0.4) is 0 Å². The first-order valence-electron chi connectivity index (χ1n) is 5.36. The van der Waals surface area contributed by atoms with Crippen LogP contribution in [0.25, 0.3) is 0 Å². The summed E-state index contributed by atoms with van der Waals surface area (Å²) in [4.78, 5) is 0. The predicted octanol–water partition coefficient (Wildman–Crippen LogP) is 4.19. The van der Waals surface area contributed by atoms with Gasteiger partial charge < -0.3 is 0 Å². The molecule has 0 aromatic rings. The fraction of sp³-hybridized carbons (Fsp3) is 0.692. The third-order valence-corrected chi connectivity index (χ3v) is 3.46. The molecule has 0 N–H and O–H groups in total. The summed E-state index contributed by atoms with van der Waals surface area (Å²) in [6, 6.07) is 0. The standard InChI is InChI=1S/C13H22/c1-6-10(4)13-11(5)7-8-12(13)9(2)3/h6,10-11,13H,1,7-8H2,2-5H3/t10-,11-,13?/m0/s1. The summed E-state index contributed by atoms with van der Waals surface area (Å²) in [6.45, 7) is 13.1. The van der Waals surface area contributed by atoms with Crippen molar-refractivity contribution in [3.8, 4) is 0 Å². The molecule has 13 heavy (non-hydrogen) atoms. The molecule has 0 amide bonds. The Labute approximate surface area is 82.7 Å². The normalized spacial score (nSPS) is 30.3. The topological polar surface area (TPSA) is 0 Å². The molecule has 1 unspecified atom stereocenters. The second kappa shape index (κ2) is 4.13. The van der Waals surface area contributed by atoms with Gasteiger partial charge in [-0.2, -0.15) is 0 Å². The van der Waals surface area contributed by atoms with E-state index in [0.717, 1.165) is 11.8 Å². The van der Waals surface area contributed by atoms with Crippen molar-refractivity contribution < 1.29 is 0 Å². The van der Waals surface area contributed by atoms with Gasteiger partial charge in [-0.05, 0) is 44.4 Å². The van der Waals surface area contributed by atoms with Gasteiger partial charge in [-0.1, -0.05) is 31.1 Å². The smallest absolute Gasteiger partial charge is 0.0115 e. The zero-order valence-corrected chi connectivity index (χ0v) is 9.43. The third-order valence-electron chi connectivity index (χ3n) is 3.46. The van der Waals surface area contributed by atoms with Crippen LogP contribution in [0.15, 0.2) is 23.8 Å². The Bertz CT molecular complexity index is 218. The lowest BCUT2D eigenvalue weighted by Crippen LogP contribution is -2.14. The fourth-order valence-corrected chi connectivity index (χ4v) is 2.64. The van der Waals surface area contributed by atoms with Crippen molar-refractivity contribution >= 4 is 0 Å². The highest BCUT2D eigenvalue weighted by Crippen LogP contribution is 2.42. The molecule has 1 aliphatic carbocycles. The van der Waals surface area contributed by atoms with Crippen molar-refractivity contribution in [1.29, 1.82) is 0 Å². The molecule has 0 aliphatic heterocycles. The molecule has 0 nitrogen and oxygen atoms in total. The molecule has 1 rings (SSSR count). The molecule has 1 saturated carbocycles. The molecule has 0 saturated heterocycles. The quantitative estimate of drug-likeness (QED) is 0.556. The maximum Gasteiger partial charge on any atom is -0.0115 e. The van der Waals surface area contributed by atoms with Crippen LogP contribution in [0.1, 0.15) is 40.5 Å². The lowest BCUT2D eigenvalue weighted by atomic mass is 9.82. The van der Waals surface area contributed by atoms with Gasteiger partial charge in [0.05, 0.1) is 0 Å². The highest BCUT2D eigenvalue weighted by molar-refractivity contribution is 5.20. The summed E-state index contributed by atoms with van der Waals surface area (Å²) in [5, 5.41) is 0. The Hall–Kier alpha value is -0.520. The zero-order valence-electron chi connectivity index (χ0n) is 9.43. The van der Waals surface area contributed by atoms with Gasteiger partial charge in [-0.15, -0.1) is 6.58 Å². The molecular formula is C13H22. The molecule has 1 fully saturated rings. The molecule has 0 spiro atoms. The summed E-state index contributed by atoms with van der Waals surface area (Å²) in [5.41, 5.74) is 3.22. The largest absolute Gasteiger partial charge is 0.103 e. The van der Waals surface area contributed by atoms with Crippen LogP contribution < -0.4 is 0 Å². The molecule has 0 bridgehead atoms. The Morgan fingerprint density at radius 3 is 2.62 bits per heavy atom. The van der Waals surface area contributed by atoms with Crippen molar-refractivity contribution in [1.82, 2.24) is 0 Å². The lowest BCUT2D eigenvalue weighted by molar-refractivity contribution is 0.381. The predicted molar refractivity (Wildman–Crippen MR) is 59.6 cm³/mol. The van der Waals surface area contributed by atoms with Crippen LogP contribution in [0.2, 0.25) is 0 Å². The van der Waals surface area contributed by atoms with Gasteiger partial charge in [0.15, 0.2) is 0 Å². The van der Waals surface area contributed by atoms with Crippen molar-refractivity contribution in [3.05, 3.63) is 23.8 Å². The van der Waals surface area contributed by atoms with Gasteiger partial charge in [-0.3, -0.25) is 0 Å². The molecule has 0 radical (unpaired) electrons. The van der Waals surface area contributed by atoms with Crippen LogP contribution in [0, 0.1) is 17.8 Å². The molecule has 0 heterocycles. The van der Waals surface area contributed by atoms with Gasteiger partial charge in [-0.25, -0.2) is 0 Å². The average molecular weight is 178 g/mol. The summed E-state index contributed by atoms with van der Waals surface area (Å²) >= 11 is 0. The molecule has 74 valence electrons. The van der Waals surface area contributed by atoms with Crippen LogP contribution in [0.4, 0.5) is 0 Å².